The molecule has 3 aromatic carbocycles. The molecule has 0 radical (unpaired) electrons. The second-order valence-corrected chi connectivity index (χ2v) is 9.88. The highest BCUT2D eigenvalue weighted by Gasteiger charge is 2.46. The molecule has 3 aliphatic heterocycles. The second kappa shape index (κ2) is 7.84. The lowest BCUT2D eigenvalue weighted by Gasteiger charge is -2.43. The summed E-state index contributed by atoms with van der Waals surface area (Å²) in [5, 5.41) is 1.28. The highest BCUT2D eigenvalue weighted by molar-refractivity contribution is 5.97. The maximum Gasteiger partial charge on any atom is 0.270 e. The van der Waals surface area contributed by atoms with Crippen molar-refractivity contribution in [3.05, 3.63) is 118 Å². The van der Waals surface area contributed by atoms with Gasteiger partial charge in [-0.25, -0.2) is 4.39 Å². The molecule has 0 aliphatic carbocycles. The molecule has 4 aromatic rings. The van der Waals surface area contributed by atoms with Crippen LogP contribution in [0, 0.1) is 5.82 Å². The van der Waals surface area contributed by atoms with E-state index in [1.807, 2.05) is 35.2 Å². The Hall–Kier alpha value is -3.86. The summed E-state index contributed by atoms with van der Waals surface area (Å²) in [5.41, 5.74) is 7.99. The summed E-state index contributed by atoms with van der Waals surface area (Å²) in [6.45, 7) is 2.05. The van der Waals surface area contributed by atoms with Gasteiger partial charge in [0, 0.05) is 42.1 Å². The Balaban J connectivity index is 1.32. The topological polar surface area (TPSA) is 39.3 Å². The zero-order valence-corrected chi connectivity index (χ0v) is 19.4. The Morgan fingerprint density at radius 3 is 2.54 bits per heavy atom. The van der Waals surface area contributed by atoms with Crippen LogP contribution in [0.1, 0.15) is 40.8 Å². The first kappa shape index (κ1) is 20.5. The SMILES string of the molecule is O=C1C2=C(CN1Cc1ccccc1)[C@@H](c1ccc(F)cc1)C[C@@H]1c3[nH]c4ccccc4c3CCN21. The van der Waals surface area contributed by atoms with Gasteiger partial charge in [-0.05, 0) is 53.3 Å². The number of aromatic nitrogens is 1. The normalized spacial score (nSPS) is 21.3. The third kappa shape index (κ3) is 3.22. The molecule has 0 unspecified atom stereocenters. The molecule has 0 bridgehead atoms. The molecule has 3 aliphatic rings. The number of para-hydroxylation sites is 1. The van der Waals surface area contributed by atoms with Gasteiger partial charge in [0.1, 0.15) is 11.5 Å². The van der Waals surface area contributed by atoms with E-state index in [9.17, 15) is 9.18 Å². The second-order valence-electron chi connectivity index (χ2n) is 9.88. The Kier molecular flexibility index (Phi) is 4.59. The number of hydrogen-bond donors (Lipinski definition) is 1. The molecule has 0 fully saturated rings. The van der Waals surface area contributed by atoms with Crippen LogP contribution < -0.4 is 0 Å². The number of nitrogens with zero attached hydrogens (tertiary/aromatic N) is 2. The van der Waals surface area contributed by atoms with Crippen LogP contribution in [0.3, 0.4) is 0 Å². The van der Waals surface area contributed by atoms with Gasteiger partial charge in [0.05, 0.1) is 6.04 Å². The number of aromatic amines is 1. The highest BCUT2D eigenvalue weighted by atomic mass is 19.1. The average Bonchev–Trinajstić information content (AvgIpc) is 3.43. The van der Waals surface area contributed by atoms with Crippen molar-refractivity contribution in [3.8, 4) is 0 Å². The quantitative estimate of drug-likeness (QED) is 0.424. The Morgan fingerprint density at radius 2 is 1.71 bits per heavy atom. The molecular weight excluding hydrogens is 437 g/mol. The van der Waals surface area contributed by atoms with Crippen LogP contribution in [0.4, 0.5) is 4.39 Å². The molecule has 35 heavy (non-hydrogen) atoms. The van der Waals surface area contributed by atoms with Crippen molar-refractivity contribution in [2.24, 2.45) is 0 Å². The van der Waals surface area contributed by atoms with Crippen LogP contribution in [0.2, 0.25) is 0 Å². The monoisotopic (exact) mass is 463 g/mol. The van der Waals surface area contributed by atoms with E-state index in [2.05, 4.69) is 46.3 Å². The third-order valence-corrected chi connectivity index (χ3v) is 7.97. The first-order valence-electron chi connectivity index (χ1n) is 12.3. The van der Waals surface area contributed by atoms with Crippen molar-refractivity contribution in [1.82, 2.24) is 14.8 Å². The molecular formula is C30H26FN3O. The van der Waals surface area contributed by atoms with Crippen molar-refractivity contribution < 1.29 is 9.18 Å². The van der Waals surface area contributed by atoms with Crippen LogP contribution in [0.5, 0.6) is 0 Å². The number of hydrogen-bond acceptors (Lipinski definition) is 2. The smallest absolute Gasteiger partial charge is 0.270 e. The van der Waals surface area contributed by atoms with Crippen molar-refractivity contribution >= 4 is 16.8 Å². The van der Waals surface area contributed by atoms with E-state index in [-0.39, 0.29) is 23.7 Å². The summed E-state index contributed by atoms with van der Waals surface area (Å²) in [7, 11) is 0. The summed E-state index contributed by atoms with van der Waals surface area (Å²) in [5.74, 6) is -0.0432. The van der Waals surface area contributed by atoms with Crippen molar-refractivity contribution in [3.63, 3.8) is 0 Å². The van der Waals surface area contributed by atoms with Gasteiger partial charge >= 0.3 is 0 Å². The number of rotatable bonds is 3. The van der Waals surface area contributed by atoms with E-state index in [1.165, 1.54) is 34.3 Å². The molecule has 0 saturated heterocycles. The van der Waals surface area contributed by atoms with E-state index in [0.29, 0.717) is 13.1 Å². The van der Waals surface area contributed by atoms with E-state index in [0.717, 1.165) is 41.7 Å². The Morgan fingerprint density at radius 1 is 0.943 bits per heavy atom. The van der Waals surface area contributed by atoms with Crippen LogP contribution >= 0.6 is 0 Å². The van der Waals surface area contributed by atoms with Crippen molar-refractivity contribution in [2.45, 2.75) is 31.3 Å². The lowest BCUT2D eigenvalue weighted by atomic mass is 9.78. The maximum atomic E-state index is 13.9. The van der Waals surface area contributed by atoms with Gasteiger partial charge in [0.25, 0.3) is 5.91 Å². The first-order valence-corrected chi connectivity index (χ1v) is 12.3. The van der Waals surface area contributed by atoms with Gasteiger partial charge in [-0.2, -0.15) is 0 Å². The van der Waals surface area contributed by atoms with Gasteiger partial charge in [-0.1, -0.05) is 60.7 Å². The number of halogens is 1. The minimum absolute atomic E-state index is 0.0777. The number of amides is 1. The van der Waals surface area contributed by atoms with Gasteiger partial charge in [0.2, 0.25) is 0 Å². The standard InChI is InChI=1S/C30H26FN3O/c31-21-12-10-20(11-13-21)24-16-27-28-23(22-8-4-5-9-26(22)32-28)14-15-34(27)29-25(24)18-33(30(29)35)17-19-6-2-1-3-7-19/h1-13,24,27,32H,14-18H2/t24-,27-/m1/s1. The highest BCUT2D eigenvalue weighted by Crippen LogP contribution is 2.50. The number of nitrogens with one attached hydrogen (secondary N) is 1. The first-order chi connectivity index (χ1) is 17.2. The van der Waals surface area contributed by atoms with Crippen LogP contribution in [0.15, 0.2) is 90.1 Å². The number of benzene rings is 3. The lowest BCUT2D eigenvalue weighted by molar-refractivity contribution is -0.127. The van der Waals surface area contributed by atoms with Gasteiger partial charge in [-0.15, -0.1) is 0 Å². The van der Waals surface area contributed by atoms with Gasteiger partial charge < -0.3 is 14.8 Å². The fraction of sp³-hybridized carbons (Fsp3) is 0.233. The molecule has 4 nitrogen and oxygen atoms in total. The van der Waals surface area contributed by atoms with Gasteiger partial charge in [-0.3, -0.25) is 4.79 Å². The largest absolute Gasteiger partial charge is 0.358 e. The molecule has 4 heterocycles. The maximum absolute atomic E-state index is 13.9. The number of carbonyl (C=O) groups excluding carboxylic acids is 1. The molecule has 2 atom stereocenters. The summed E-state index contributed by atoms with van der Waals surface area (Å²) in [6.07, 6.45) is 1.79. The fourth-order valence-corrected chi connectivity index (χ4v) is 6.38. The molecule has 0 saturated carbocycles. The van der Waals surface area contributed by atoms with Gasteiger partial charge in [0.15, 0.2) is 0 Å². The number of H-pyrrole nitrogens is 1. The summed E-state index contributed by atoms with van der Waals surface area (Å²) in [4.78, 5) is 21.9. The molecule has 7 rings (SSSR count). The minimum Gasteiger partial charge on any atom is -0.358 e. The molecule has 1 amide bonds. The number of carbonyl (C=O) groups is 1. The zero-order chi connectivity index (χ0) is 23.5. The molecule has 174 valence electrons. The molecule has 1 aromatic heterocycles. The van der Waals surface area contributed by atoms with E-state index in [4.69, 9.17) is 0 Å². The Labute approximate surface area is 203 Å². The van der Waals surface area contributed by atoms with E-state index < -0.39 is 0 Å². The molecule has 5 heteroatoms. The zero-order valence-electron chi connectivity index (χ0n) is 19.4. The Bertz CT molecular complexity index is 1470. The fourth-order valence-electron chi connectivity index (χ4n) is 6.38. The molecule has 1 N–H and O–H groups in total. The number of fused-ring (bicyclic) bond motifs is 6. The average molecular weight is 464 g/mol. The summed E-state index contributed by atoms with van der Waals surface area (Å²) < 4.78 is 13.8. The predicted molar refractivity (Wildman–Crippen MR) is 134 cm³/mol. The third-order valence-electron chi connectivity index (χ3n) is 7.97. The van der Waals surface area contributed by atoms with Crippen molar-refractivity contribution in [2.75, 3.05) is 13.1 Å². The summed E-state index contributed by atoms with van der Waals surface area (Å²) in [6, 6.07) is 25.6. The minimum atomic E-state index is -0.232. The van der Waals surface area contributed by atoms with Crippen molar-refractivity contribution in [1.29, 1.82) is 0 Å². The summed E-state index contributed by atoms with van der Waals surface area (Å²) >= 11 is 0. The van der Waals surface area contributed by atoms with E-state index >= 15 is 0 Å². The van der Waals surface area contributed by atoms with Crippen LogP contribution in [-0.2, 0) is 17.8 Å². The predicted octanol–water partition coefficient (Wildman–Crippen LogP) is 5.69. The molecule has 0 spiro atoms. The van der Waals surface area contributed by atoms with Crippen LogP contribution in [0.25, 0.3) is 10.9 Å². The van der Waals surface area contributed by atoms with E-state index in [1.54, 1.807) is 0 Å². The van der Waals surface area contributed by atoms with Crippen LogP contribution in [-0.4, -0.2) is 33.8 Å². The lowest BCUT2D eigenvalue weighted by Crippen LogP contribution is -2.41.